The van der Waals surface area contributed by atoms with Crippen LogP contribution in [-0.4, -0.2) is 39.4 Å². The van der Waals surface area contributed by atoms with Crippen molar-refractivity contribution in [2.24, 2.45) is 5.92 Å². The molecular formula is C21H20FN5O2. The molecule has 3 heterocycles. The van der Waals surface area contributed by atoms with Crippen molar-refractivity contribution in [3.8, 4) is 11.5 Å². The number of nitrogens with zero attached hydrogens (tertiary/aromatic N) is 4. The van der Waals surface area contributed by atoms with E-state index in [-0.39, 0.29) is 24.1 Å². The van der Waals surface area contributed by atoms with Crippen molar-refractivity contribution in [1.29, 1.82) is 0 Å². The largest absolute Gasteiger partial charge is 0.354 e. The highest BCUT2D eigenvalue weighted by molar-refractivity contribution is 6.00. The van der Waals surface area contributed by atoms with Crippen molar-refractivity contribution in [1.82, 2.24) is 19.9 Å². The Bertz CT molecular complexity index is 1000. The number of amides is 2. The molecule has 1 atom stereocenters. The molecule has 1 N–H and O–H groups in total. The quantitative estimate of drug-likeness (QED) is 0.697. The minimum Gasteiger partial charge on any atom is -0.354 e. The lowest BCUT2D eigenvalue weighted by atomic mass is 10.1. The van der Waals surface area contributed by atoms with Crippen LogP contribution in [0.1, 0.15) is 6.42 Å². The monoisotopic (exact) mass is 393 g/mol. The molecule has 1 aliphatic heterocycles. The number of carbonyl (C=O) groups excluding carboxylic acids is 2. The number of benzene rings is 1. The van der Waals surface area contributed by atoms with Crippen LogP contribution in [-0.2, 0) is 16.1 Å². The van der Waals surface area contributed by atoms with Crippen molar-refractivity contribution in [2.75, 3.05) is 18.0 Å². The third-order valence-electron chi connectivity index (χ3n) is 4.90. The first-order valence-corrected chi connectivity index (χ1v) is 9.38. The molecule has 7 nitrogen and oxygen atoms in total. The van der Waals surface area contributed by atoms with Crippen molar-refractivity contribution in [3.05, 3.63) is 66.9 Å². The van der Waals surface area contributed by atoms with Gasteiger partial charge in [0, 0.05) is 50.3 Å². The standard InChI is InChI=1S/C21H20FN5O2/c22-16-4-6-17(7-5-16)27-14-15(13-19(27)28)21(29)25-10-12-26-11-9-24-20(26)18-3-1-2-8-23-18/h1-9,11,15H,10,12-14H2,(H,25,29). The molecule has 0 saturated carbocycles. The van der Waals surface area contributed by atoms with Gasteiger partial charge in [0.1, 0.15) is 11.5 Å². The molecule has 2 amide bonds. The number of aromatic nitrogens is 3. The van der Waals surface area contributed by atoms with Crippen LogP contribution in [0.3, 0.4) is 0 Å². The molecule has 8 heteroatoms. The summed E-state index contributed by atoms with van der Waals surface area (Å²) in [5.41, 5.74) is 1.37. The summed E-state index contributed by atoms with van der Waals surface area (Å²) in [7, 11) is 0. The molecule has 1 saturated heterocycles. The predicted molar refractivity (Wildman–Crippen MR) is 105 cm³/mol. The molecule has 1 fully saturated rings. The van der Waals surface area contributed by atoms with Crippen molar-refractivity contribution in [3.63, 3.8) is 0 Å². The molecular weight excluding hydrogens is 373 g/mol. The van der Waals surface area contributed by atoms with Crippen LogP contribution in [0, 0.1) is 11.7 Å². The maximum atomic E-state index is 13.1. The van der Waals surface area contributed by atoms with Gasteiger partial charge < -0.3 is 14.8 Å². The lowest BCUT2D eigenvalue weighted by Crippen LogP contribution is -2.34. The zero-order chi connectivity index (χ0) is 20.2. The van der Waals surface area contributed by atoms with Crippen LogP contribution in [0.25, 0.3) is 11.5 Å². The molecule has 1 aliphatic rings. The normalized spacial score (nSPS) is 16.2. The molecule has 4 rings (SSSR count). The number of pyridine rings is 1. The zero-order valence-corrected chi connectivity index (χ0v) is 15.7. The van der Waals surface area contributed by atoms with Gasteiger partial charge in [-0.3, -0.25) is 14.6 Å². The Balaban J connectivity index is 1.33. The molecule has 2 aromatic heterocycles. The summed E-state index contributed by atoms with van der Waals surface area (Å²) in [5, 5.41) is 2.90. The summed E-state index contributed by atoms with van der Waals surface area (Å²) in [6, 6.07) is 11.3. The first-order valence-electron chi connectivity index (χ1n) is 9.38. The van der Waals surface area contributed by atoms with E-state index in [0.717, 1.165) is 11.5 Å². The first-order chi connectivity index (χ1) is 14.1. The smallest absolute Gasteiger partial charge is 0.227 e. The molecule has 0 aliphatic carbocycles. The molecule has 148 valence electrons. The Kier molecular flexibility index (Phi) is 5.33. The zero-order valence-electron chi connectivity index (χ0n) is 15.7. The number of carbonyl (C=O) groups is 2. The fourth-order valence-corrected chi connectivity index (χ4v) is 3.42. The first kappa shape index (κ1) is 18.8. The van der Waals surface area contributed by atoms with Gasteiger partial charge in [0.05, 0.1) is 5.92 Å². The van der Waals surface area contributed by atoms with E-state index < -0.39 is 5.92 Å². The fraction of sp³-hybridized carbons (Fsp3) is 0.238. The van der Waals surface area contributed by atoms with Gasteiger partial charge >= 0.3 is 0 Å². The van der Waals surface area contributed by atoms with Crippen molar-refractivity contribution in [2.45, 2.75) is 13.0 Å². The van der Waals surface area contributed by atoms with Crippen LogP contribution in [0.5, 0.6) is 0 Å². The highest BCUT2D eigenvalue weighted by Crippen LogP contribution is 2.25. The summed E-state index contributed by atoms with van der Waals surface area (Å²) in [6.07, 6.45) is 5.39. The van der Waals surface area contributed by atoms with Crippen molar-refractivity contribution >= 4 is 17.5 Å². The van der Waals surface area contributed by atoms with Crippen molar-refractivity contribution < 1.29 is 14.0 Å². The van der Waals surface area contributed by atoms with E-state index in [4.69, 9.17) is 0 Å². The fourth-order valence-electron chi connectivity index (χ4n) is 3.42. The predicted octanol–water partition coefficient (Wildman–Crippen LogP) is 2.25. The molecule has 1 aromatic carbocycles. The van der Waals surface area contributed by atoms with E-state index in [2.05, 4.69) is 15.3 Å². The SMILES string of the molecule is O=C(NCCn1ccnc1-c1ccccn1)C1CC(=O)N(c2ccc(F)cc2)C1. The average molecular weight is 393 g/mol. The van der Waals surface area contributed by atoms with Gasteiger partial charge in [0.2, 0.25) is 11.8 Å². The summed E-state index contributed by atoms with van der Waals surface area (Å²) < 4.78 is 15.0. The van der Waals surface area contributed by atoms with Crippen LogP contribution in [0.15, 0.2) is 61.1 Å². The lowest BCUT2D eigenvalue weighted by molar-refractivity contribution is -0.126. The van der Waals surface area contributed by atoms with Gasteiger partial charge in [-0.1, -0.05) is 6.07 Å². The highest BCUT2D eigenvalue weighted by atomic mass is 19.1. The van der Waals surface area contributed by atoms with Crippen LogP contribution in [0.4, 0.5) is 10.1 Å². The van der Waals surface area contributed by atoms with Gasteiger partial charge in [-0.05, 0) is 36.4 Å². The number of halogens is 1. The molecule has 0 radical (unpaired) electrons. The second kappa shape index (κ2) is 8.22. The van der Waals surface area contributed by atoms with Crippen LogP contribution in [0.2, 0.25) is 0 Å². The van der Waals surface area contributed by atoms with E-state index in [1.807, 2.05) is 29.0 Å². The van der Waals surface area contributed by atoms with Gasteiger partial charge in [-0.2, -0.15) is 0 Å². The van der Waals surface area contributed by atoms with Gasteiger partial charge in [-0.25, -0.2) is 9.37 Å². The van der Waals surface area contributed by atoms with E-state index in [1.165, 1.54) is 17.0 Å². The maximum absolute atomic E-state index is 13.1. The number of hydrogen-bond donors (Lipinski definition) is 1. The Morgan fingerprint density at radius 1 is 1.14 bits per heavy atom. The molecule has 0 bridgehead atoms. The number of hydrogen-bond acceptors (Lipinski definition) is 4. The minimum absolute atomic E-state index is 0.135. The topological polar surface area (TPSA) is 80.1 Å². The molecule has 0 spiro atoms. The van der Waals surface area contributed by atoms with E-state index in [9.17, 15) is 14.0 Å². The maximum Gasteiger partial charge on any atom is 0.227 e. The van der Waals surface area contributed by atoms with Gasteiger partial charge in [0.15, 0.2) is 5.82 Å². The average Bonchev–Trinajstić information content (AvgIpc) is 3.36. The summed E-state index contributed by atoms with van der Waals surface area (Å²) >= 11 is 0. The minimum atomic E-state index is -0.425. The van der Waals surface area contributed by atoms with Crippen LogP contribution >= 0.6 is 0 Å². The number of imidazole rings is 1. The second-order valence-corrected chi connectivity index (χ2v) is 6.83. The molecule has 3 aromatic rings. The third kappa shape index (κ3) is 4.16. The Labute approximate surface area is 167 Å². The Morgan fingerprint density at radius 2 is 1.97 bits per heavy atom. The summed E-state index contributed by atoms with van der Waals surface area (Å²) in [6.45, 7) is 1.25. The van der Waals surface area contributed by atoms with Crippen LogP contribution < -0.4 is 10.2 Å². The van der Waals surface area contributed by atoms with E-state index in [1.54, 1.807) is 24.5 Å². The molecule has 29 heavy (non-hydrogen) atoms. The number of rotatable bonds is 6. The Morgan fingerprint density at radius 3 is 2.72 bits per heavy atom. The Hall–Kier alpha value is -3.55. The molecule has 1 unspecified atom stereocenters. The van der Waals surface area contributed by atoms with Gasteiger partial charge in [0.25, 0.3) is 0 Å². The highest BCUT2D eigenvalue weighted by Gasteiger charge is 2.34. The van der Waals surface area contributed by atoms with E-state index >= 15 is 0 Å². The van der Waals surface area contributed by atoms with E-state index in [0.29, 0.717) is 25.3 Å². The second-order valence-electron chi connectivity index (χ2n) is 6.83. The number of nitrogens with one attached hydrogen (secondary N) is 1. The summed E-state index contributed by atoms with van der Waals surface area (Å²) in [5.74, 6) is -0.352. The number of anilines is 1. The summed E-state index contributed by atoms with van der Waals surface area (Å²) in [4.78, 5) is 34.9. The lowest BCUT2D eigenvalue weighted by Gasteiger charge is -2.16. The third-order valence-corrected chi connectivity index (χ3v) is 4.90. The van der Waals surface area contributed by atoms with Gasteiger partial charge in [-0.15, -0.1) is 0 Å².